The first-order valence-electron chi connectivity index (χ1n) is 7.28. The maximum atomic E-state index is 8.55. The van der Waals surface area contributed by atoms with Crippen molar-refractivity contribution in [2.24, 2.45) is 5.92 Å². The third-order valence-corrected chi connectivity index (χ3v) is 2.50. The Morgan fingerprint density at radius 1 is 0.900 bits per heavy atom. The van der Waals surface area contributed by atoms with Crippen LogP contribution in [0.25, 0.3) is 0 Å². The second-order valence-electron chi connectivity index (χ2n) is 4.57. The molecule has 0 amide bonds. The molecule has 0 spiro atoms. The van der Waals surface area contributed by atoms with Crippen LogP contribution < -0.4 is 14.7 Å². The predicted octanol–water partition coefficient (Wildman–Crippen LogP) is 2.80. The molecule has 0 aliphatic heterocycles. The number of hydrogen-bond donors (Lipinski definition) is 0. The van der Waals surface area contributed by atoms with E-state index in [1.165, 1.54) is 51.4 Å². The van der Waals surface area contributed by atoms with E-state index in [2.05, 4.69) is 34.6 Å². The van der Waals surface area contributed by atoms with Crippen LogP contribution in [0.4, 0.5) is 0 Å². The van der Waals surface area contributed by atoms with Crippen LogP contribution in [0.5, 0.6) is 0 Å². The summed E-state index contributed by atoms with van der Waals surface area (Å²) >= 11 is 0. The van der Waals surface area contributed by atoms with Crippen LogP contribution in [0.3, 0.4) is 0 Å². The minimum absolute atomic E-state index is 0. The molecule has 0 heterocycles. The van der Waals surface area contributed by atoms with Crippen LogP contribution in [-0.2, 0) is 4.57 Å². The number of unbranched alkanes of at least 4 members (excludes halogenated alkanes) is 4. The summed E-state index contributed by atoms with van der Waals surface area (Å²) in [4.78, 5) is 25.6. The van der Waals surface area contributed by atoms with Gasteiger partial charge in [0.15, 0.2) is 0 Å². The molecule has 0 fully saturated rings. The zero-order chi connectivity index (χ0) is 15.7. The molecule has 1 radical (unpaired) electrons. The Morgan fingerprint density at radius 3 is 1.40 bits per heavy atom. The van der Waals surface area contributed by atoms with Gasteiger partial charge in [0.25, 0.3) is 0 Å². The minimum atomic E-state index is -5.39. The van der Waals surface area contributed by atoms with Crippen molar-refractivity contribution in [3.63, 3.8) is 0 Å². The molecule has 0 rings (SSSR count). The topological polar surface area (TPSA) is 86.2 Å². The Morgan fingerprint density at radius 2 is 1.20 bits per heavy atom. The Balaban J connectivity index is -0.0000000966. The van der Waals surface area contributed by atoms with Crippen LogP contribution >= 0.6 is 7.82 Å². The van der Waals surface area contributed by atoms with Gasteiger partial charge in [0.1, 0.15) is 0 Å². The van der Waals surface area contributed by atoms with Crippen molar-refractivity contribution >= 4 is 7.82 Å². The van der Waals surface area contributed by atoms with Gasteiger partial charge in [-0.2, -0.15) is 13.7 Å². The van der Waals surface area contributed by atoms with Crippen LogP contribution in [0.1, 0.15) is 79.1 Å². The first-order chi connectivity index (χ1) is 8.72. The van der Waals surface area contributed by atoms with Crippen molar-refractivity contribution in [2.45, 2.75) is 79.1 Å². The van der Waals surface area contributed by atoms with E-state index in [9.17, 15) is 0 Å². The van der Waals surface area contributed by atoms with E-state index < -0.39 is 7.82 Å². The molecule has 1 unspecified atom stereocenters. The molecule has 6 heteroatoms. The Kier molecular flexibility index (Phi) is 33.5. The second-order valence-corrected chi connectivity index (χ2v) is 5.47. The number of hydrogen-bond acceptors (Lipinski definition) is 4. The molecule has 0 aromatic rings. The molecular formula is C14H31NdO4P-. The van der Waals surface area contributed by atoms with Crippen molar-refractivity contribution in [3.05, 3.63) is 6.92 Å². The first-order valence-corrected chi connectivity index (χ1v) is 8.74. The zero-order valence-corrected chi connectivity index (χ0v) is 17.6. The van der Waals surface area contributed by atoms with E-state index in [4.69, 9.17) is 19.2 Å². The van der Waals surface area contributed by atoms with Gasteiger partial charge in [0, 0.05) is 0 Å². The van der Waals surface area contributed by atoms with Crippen LogP contribution in [0.2, 0.25) is 0 Å². The molecule has 0 saturated heterocycles. The fourth-order valence-corrected chi connectivity index (χ4v) is 1.20. The first kappa shape index (κ1) is 29.5. The monoisotopic (exact) mass is 436 g/mol. The molecule has 4 nitrogen and oxygen atoms in total. The van der Waals surface area contributed by atoms with Gasteiger partial charge in [-0.1, -0.05) is 79.1 Å². The van der Waals surface area contributed by atoms with Gasteiger partial charge >= 0.3 is 40.8 Å². The standard InChI is InChI=1S/C8H17.C6H14.Nd.H3O4P/c1-4-6-7-8(3)5-2;1-3-5-6-4-2;;1-5(2,3)4/h8H,3-7H2,1-2H3;3-6H2,1-2H3;;(H3,1,2,3,4)/q-1;;+3;/p-3. The molecule has 0 N–H and O–H groups in total. The Bertz CT molecular complexity index is 185. The van der Waals surface area contributed by atoms with E-state index in [0.717, 1.165) is 0 Å². The second kappa shape index (κ2) is 22.7. The third-order valence-electron chi connectivity index (χ3n) is 2.50. The van der Waals surface area contributed by atoms with Crippen LogP contribution in [0, 0.1) is 53.7 Å². The Hall–Kier alpha value is 1.46. The summed E-state index contributed by atoms with van der Waals surface area (Å²) in [6.45, 7) is 12.9. The third kappa shape index (κ3) is 60.6. The zero-order valence-electron chi connectivity index (χ0n) is 13.5. The van der Waals surface area contributed by atoms with Crippen LogP contribution in [-0.4, -0.2) is 0 Å². The molecule has 0 aliphatic rings. The average molecular weight is 439 g/mol. The van der Waals surface area contributed by atoms with Crippen molar-refractivity contribution in [1.29, 1.82) is 0 Å². The molecule has 20 heavy (non-hydrogen) atoms. The summed E-state index contributed by atoms with van der Waals surface area (Å²) in [6.07, 6.45) is 10.7. The van der Waals surface area contributed by atoms with Gasteiger partial charge in [0.05, 0.1) is 0 Å². The summed E-state index contributed by atoms with van der Waals surface area (Å²) in [5, 5.41) is 0. The maximum Gasteiger partial charge on any atom is 3.00 e. The molecule has 0 aromatic carbocycles. The van der Waals surface area contributed by atoms with Gasteiger partial charge in [0.2, 0.25) is 0 Å². The summed E-state index contributed by atoms with van der Waals surface area (Å²) in [5.41, 5.74) is 0. The van der Waals surface area contributed by atoms with Crippen molar-refractivity contribution < 1.29 is 60.1 Å². The van der Waals surface area contributed by atoms with Crippen LogP contribution in [0.15, 0.2) is 0 Å². The van der Waals surface area contributed by atoms with Gasteiger partial charge in [-0.05, 0) is 0 Å². The fraction of sp³-hybridized carbons (Fsp3) is 0.929. The molecule has 0 aliphatic carbocycles. The van der Waals surface area contributed by atoms with Crippen molar-refractivity contribution in [1.82, 2.24) is 0 Å². The largest absolute Gasteiger partial charge is 3.00 e. The molecule has 0 bridgehead atoms. The summed E-state index contributed by atoms with van der Waals surface area (Å²) < 4.78 is 8.55. The van der Waals surface area contributed by atoms with Gasteiger partial charge in [-0.25, -0.2) is 0 Å². The summed E-state index contributed by atoms with van der Waals surface area (Å²) in [6, 6.07) is 0. The van der Waals surface area contributed by atoms with Crippen molar-refractivity contribution in [3.8, 4) is 0 Å². The van der Waals surface area contributed by atoms with Gasteiger partial charge in [-0.3, -0.25) is 0 Å². The SMILES string of the molecule is CCCCCC.O=P([O-])([O-])[O-].[CH2-]C(CC)CCCC.[Nd+3]. The summed E-state index contributed by atoms with van der Waals surface area (Å²) in [5.74, 6) is 0.704. The molecule has 1 atom stereocenters. The average Bonchev–Trinajstić information content (AvgIpc) is 2.32. The van der Waals surface area contributed by atoms with Gasteiger partial charge in [-0.15, -0.1) is 0 Å². The minimum Gasteiger partial charge on any atom is -0.822 e. The molecular weight excluding hydrogens is 407 g/mol. The number of rotatable bonds is 7. The van der Waals surface area contributed by atoms with E-state index in [0.29, 0.717) is 5.92 Å². The fourth-order valence-electron chi connectivity index (χ4n) is 1.20. The van der Waals surface area contributed by atoms with Crippen molar-refractivity contribution in [2.75, 3.05) is 0 Å². The Labute approximate surface area is 158 Å². The van der Waals surface area contributed by atoms with E-state index >= 15 is 0 Å². The smallest absolute Gasteiger partial charge is 0.822 e. The molecule has 121 valence electrons. The molecule has 0 saturated carbocycles. The van der Waals surface area contributed by atoms with E-state index in [-0.39, 0.29) is 40.8 Å². The maximum absolute atomic E-state index is 8.55. The molecule has 0 aromatic heterocycles. The number of phosphoric acid groups is 1. The predicted molar refractivity (Wildman–Crippen MR) is 76.1 cm³/mol. The van der Waals surface area contributed by atoms with Gasteiger partial charge < -0.3 is 26.2 Å². The van der Waals surface area contributed by atoms with E-state index in [1.54, 1.807) is 0 Å². The normalized spacial score (nSPS) is 11.2. The summed E-state index contributed by atoms with van der Waals surface area (Å²) in [7, 11) is -5.39. The quantitative estimate of drug-likeness (QED) is 0.347. The van der Waals surface area contributed by atoms with E-state index in [1.807, 2.05) is 0 Å².